The molecule has 26 heavy (non-hydrogen) atoms. The number of amides is 1. The maximum Gasteiger partial charge on any atom is 0.267 e. The van der Waals surface area contributed by atoms with Gasteiger partial charge in [-0.3, -0.25) is 4.79 Å². The van der Waals surface area contributed by atoms with Crippen molar-refractivity contribution in [3.8, 4) is 6.07 Å². The molecule has 1 amide bonds. The van der Waals surface area contributed by atoms with E-state index in [0.29, 0.717) is 0 Å². The summed E-state index contributed by atoms with van der Waals surface area (Å²) in [6.07, 6.45) is 3.98. The lowest BCUT2D eigenvalue weighted by Crippen LogP contribution is -2.17. The summed E-state index contributed by atoms with van der Waals surface area (Å²) in [5.41, 5.74) is 5.03. The number of aryl methyl sites for hydroxylation is 3. The third kappa shape index (κ3) is 4.52. The van der Waals surface area contributed by atoms with Crippen molar-refractivity contribution >= 4 is 17.3 Å². The highest BCUT2D eigenvalue weighted by Gasteiger charge is 2.14. The Balaban J connectivity index is 2.23. The van der Waals surface area contributed by atoms with Crippen LogP contribution in [0, 0.1) is 11.3 Å². The van der Waals surface area contributed by atoms with Crippen molar-refractivity contribution in [2.75, 3.05) is 10.6 Å². The minimum absolute atomic E-state index is 0.0452. The summed E-state index contributed by atoms with van der Waals surface area (Å²) in [6, 6.07) is 15.8. The highest BCUT2D eigenvalue weighted by molar-refractivity contribution is 6.07. The lowest BCUT2D eigenvalue weighted by atomic mass is 10.0. The Morgan fingerprint density at radius 1 is 0.962 bits per heavy atom. The van der Waals surface area contributed by atoms with Crippen LogP contribution in [0.25, 0.3) is 0 Å². The Hall–Kier alpha value is -3.06. The molecule has 0 spiro atoms. The molecule has 0 saturated heterocycles. The van der Waals surface area contributed by atoms with Gasteiger partial charge in [-0.15, -0.1) is 0 Å². The fraction of sp³-hybridized carbons (Fsp3) is 0.273. The molecule has 134 valence electrons. The van der Waals surface area contributed by atoms with Gasteiger partial charge in [-0.25, -0.2) is 0 Å². The van der Waals surface area contributed by atoms with Crippen molar-refractivity contribution in [1.29, 1.82) is 5.26 Å². The maximum atomic E-state index is 12.6. The molecule has 4 nitrogen and oxygen atoms in total. The number of hydrogen-bond acceptors (Lipinski definition) is 3. The van der Waals surface area contributed by atoms with Crippen LogP contribution < -0.4 is 10.6 Å². The van der Waals surface area contributed by atoms with E-state index in [2.05, 4.69) is 31.4 Å². The summed E-state index contributed by atoms with van der Waals surface area (Å²) in [7, 11) is 0. The molecule has 0 aromatic heterocycles. The molecule has 2 aromatic rings. The van der Waals surface area contributed by atoms with Crippen LogP contribution in [-0.4, -0.2) is 5.91 Å². The van der Waals surface area contributed by atoms with E-state index in [1.165, 1.54) is 6.20 Å². The molecular weight excluding hydrogens is 322 g/mol. The smallest absolute Gasteiger partial charge is 0.267 e. The van der Waals surface area contributed by atoms with Gasteiger partial charge in [0.25, 0.3) is 5.91 Å². The lowest BCUT2D eigenvalue weighted by molar-refractivity contribution is -0.112. The summed E-state index contributed by atoms with van der Waals surface area (Å²) in [4.78, 5) is 12.6. The highest BCUT2D eigenvalue weighted by atomic mass is 16.1. The van der Waals surface area contributed by atoms with Crippen LogP contribution in [-0.2, 0) is 24.1 Å². The number of hydrogen-bond donors (Lipinski definition) is 2. The first-order valence-electron chi connectivity index (χ1n) is 9.01. The van der Waals surface area contributed by atoms with Crippen molar-refractivity contribution in [3.63, 3.8) is 0 Å². The molecule has 0 fully saturated rings. The summed E-state index contributed by atoms with van der Waals surface area (Å²) >= 11 is 0. The van der Waals surface area contributed by atoms with E-state index in [0.717, 1.165) is 47.3 Å². The molecule has 0 aliphatic rings. The first-order valence-corrected chi connectivity index (χ1v) is 9.01. The molecule has 2 rings (SSSR count). The Morgan fingerprint density at radius 3 is 2.12 bits per heavy atom. The Kier molecular flexibility index (Phi) is 6.99. The number of nitrogens with zero attached hydrogens (tertiary/aromatic N) is 1. The van der Waals surface area contributed by atoms with Gasteiger partial charge in [0.2, 0.25) is 0 Å². The molecular formula is C22H25N3O. The van der Waals surface area contributed by atoms with Crippen molar-refractivity contribution in [2.24, 2.45) is 0 Å². The number of para-hydroxylation sites is 2. The highest BCUT2D eigenvalue weighted by Crippen LogP contribution is 2.23. The Morgan fingerprint density at radius 2 is 1.54 bits per heavy atom. The molecule has 2 aromatic carbocycles. The van der Waals surface area contributed by atoms with Crippen molar-refractivity contribution in [1.82, 2.24) is 0 Å². The number of carbonyl (C=O) groups is 1. The first kappa shape index (κ1) is 19.3. The van der Waals surface area contributed by atoms with Crippen molar-refractivity contribution < 1.29 is 4.79 Å². The molecule has 0 radical (unpaired) electrons. The Labute approximate surface area is 155 Å². The Bertz CT molecular complexity index is 824. The van der Waals surface area contributed by atoms with Gasteiger partial charge in [-0.2, -0.15) is 5.26 Å². The quantitative estimate of drug-likeness (QED) is 0.557. The van der Waals surface area contributed by atoms with E-state index in [-0.39, 0.29) is 5.57 Å². The van der Waals surface area contributed by atoms with Crippen LogP contribution in [0.2, 0.25) is 0 Å². The zero-order valence-corrected chi connectivity index (χ0v) is 15.6. The van der Waals surface area contributed by atoms with Crippen LogP contribution in [0.5, 0.6) is 0 Å². The number of benzene rings is 2. The molecule has 0 atom stereocenters. The number of nitriles is 1. The minimum atomic E-state index is -0.399. The fourth-order valence-electron chi connectivity index (χ4n) is 2.85. The zero-order chi connectivity index (χ0) is 18.9. The summed E-state index contributed by atoms with van der Waals surface area (Å²) < 4.78 is 0. The van der Waals surface area contributed by atoms with E-state index in [1.807, 2.05) is 48.5 Å². The second-order valence-corrected chi connectivity index (χ2v) is 5.94. The summed E-state index contributed by atoms with van der Waals surface area (Å²) in [5, 5.41) is 15.4. The average Bonchev–Trinajstić information content (AvgIpc) is 2.68. The van der Waals surface area contributed by atoms with Gasteiger partial charge >= 0.3 is 0 Å². The van der Waals surface area contributed by atoms with E-state index in [9.17, 15) is 10.1 Å². The third-order valence-corrected chi connectivity index (χ3v) is 4.37. The van der Waals surface area contributed by atoms with E-state index in [1.54, 1.807) is 0 Å². The van der Waals surface area contributed by atoms with Gasteiger partial charge < -0.3 is 10.6 Å². The zero-order valence-electron chi connectivity index (χ0n) is 15.6. The molecule has 0 aliphatic heterocycles. The topological polar surface area (TPSA) is 64.9 Å². The molecule has 0 bridgehead atoms. The van der Waals surface area contributed by atoms with Crippen LogP contribution in [0.15, 0.2) is 54.2 Å². The number of nitrogens with one attached hydrogen (secondary N) is 2. The summed E-state index contributed by atoms with van der Waals surface area (Å²) in [6.45, 7) is 6.17. The fourth-order valence-corrected chi connectivity index (χ4v) is 2.85. The second kappa shape index (κ2) is 9.43. The van der Waals surface area contributed by atoms with Crippen LogP contribution in [0.4, 0.5) is 11.4 Å². The SMILES string of the molecule is CCc1ccccc1N/C=C(/C#N)C(=O)Nc1c(CC)cccc1CC. The van der Waals surface area contributed by atoms with Crippen LogP contribution in [0.1, 0.15) is 37.5 Å². The predicted octanol–water partition coefficient (Wildman–Crippen LogP) is 4.83. The number of rotatable bonds is 7. The predicted molar refractivity (Wildman–Crippen MR) is 107 cm³/mol. The van der Waals surface area contributed by atoms with E-state index >= 15 is 0 Å². The van der Waals surface area contributed by atoms with Crippen molar-refractivity contribution in [3.05, 3.63) is 70.9 Å². The third-order valence-electron chi connectivity index (χ3n) is 4.37. The maximum absolute atomic E-state index is 12.6. The summed E-state index contributed by atoms with van der Waals surface area (Å²) in [5.74, 6) is -0.399. The standard InChI is InChI=1S/C22H25N3O/c1-4-16-10-7-8-13-20(16)24-15-19(14-23)22(26)25-21-17(5-2)11-9-12-18(21)6-3/h7-13,15,24H,4-6H2,1-3H3,(H,25,26)/b19-15-. The normalized spacial score (nSPS) is 10.9. The second-order valence-electron chi connectivity index (χ2n) is 5.94. The van der Waals surface area contributed by atoms with E-state index < -0.39 is 5.91 Å². The molecule has 0 heterocycles. The van der Waals surface area contributed by atoms with Gasteiger partial charge in [-0.1, -0.05) is 57.2 Å². The largest absolute Gasteiger partial charge is 0.360 e. The van der Waals surface area contributed by atoms with Gasteiger partial charge in [0, 0.05) is 17.6 Å². The molecule has 0 aliphatic carbocycles. The molecule has 2 N–H and O–H groups in total. The molecule has 4 heteroatoms. The van der Waals surface area contributed by atoms with Gasteiger partial charge in [0.15, 0.2) is 0 Å². The van der Waals surface area contributed by atoms with Gasteiger partial charge in [0.1, 0.15) is 11.6 Å². The monoisotopic (exact) mass is 347 g/mol. The van der Waals surface area contributed by atoms with Gasteiger partial charge in [-0.05, 0) is 42.0 Å². The van der Waals surface area contributed by atoms with E-state index in [4.69, 9.17) is 0 Å². The minimum Gasteiger partial charge on any atom is -0.360 e. The van der Waals surface area contributed by atoms with Crippen LogP contribution >= 0.6 is 0 Å². The molecule has 0 saturated carbocycles. The number of anilines is 2. The van der Waals surface area contributed by atoms with Gasteiger partial charge in [0.05, 0.1) is 0 Å². The molecule has 0 unspecified atom stereocenters. The van der Waals surface area contributed by atoms with Crippen LogP contribution in [0.3, 0.4) is 0 Å². The average molecular weight is 347 g/mol. The number of carbonyl (C=O) groups excluding carboxylic acids is 1. The first-order chi connectivity index (χ1) is 12.6. The lowest BCUT2D eigenvalue weighted by Gasteiger charge is -2.14. The van der Waals surface area contributed by atoms with Crippen molar-refractivity contribution in [2.45, 2.75) is 40.0 Å².